The van der Waals surface area contributed by atoms with Crippen molar-refractivity contribution in [1.29, 1.82) is 0 Å². The lowest BCUT2D eigenvalue weighted by atomic mass is 9.71. The van der Waals surface area contributed by atoms with Gasteiger partial charge in [-0.05, 0) is 69.3 Å². The van der Waals surface area contributed by atoms with Gasteiger partial charge in [0, 0.05) is 127 Å². The number of likely N-dealkylation sites (N-methyl/N-ethyl adjacent to an activating group) is 1. The van der Waals surface area contributed by atoms with E-state index in [4.69, 9.17) is 23.7 Å². The lowest BCUT2D eigenvalue weighted by Gasteiger charge is -2.36. The third-order valence-corrected chi connectivity index (χ3v) is 16.9. The first-order chi connectivity index (χ1) is 39.6. The van der Waals surface area contributed by atoms with Crippen LogP contribution in [0.25, 0.3) is 10.2 Å². The predicted octanol–water partition coefficient (Wildman–Crippen LogP) is 6.67. The molecule has 4 aromatic carbocycles. The Balaban J connectivity index is 0.731. The standard InChI is InChI=1S/C59H60N6O16S2/c1-31-32(2)51(71)49(33(3)50(31)70)58(4,5)29-48(69)64(6)18-19-65(57(76)79-37-10-14-42-46(28-37)83-54(62-42)53-63-43(30-82-53)55(73)74)20-22-78-24-23-77-21-15-47(68)60-16-17-61-52(72)34-7-11-39-38(25-34)56(75)81-59(39)40-12-8-35(66)26-44(40)80-45-27-36(67)9-13-41(45)59/h7-14,25-28,43,66-67H,15-24,29-30H2,1-6H3,(H,60,68)(H,61,72)(H,73,74). The van der Waals surface area contributed by atoms with Crippen molar-refractivity contribution in [1.82, 2.24) is 25.4 Å². The third kappa shape index (κ3) is 12.5. The van der Waals surface area contributed by atoms with Crippen molar-refractivity contribution in [3.05, 3.63) is 128 Å². The monoisotopic (exact) mass is 1170 g/mol. The van der Waals surface area contributed by atoms with E-state index < -0.39 is 41.0 Å². The Morgan fingerprint density at radius 3 is 2.13 bits per heavy atom. The number of rotatable bonds is 22. The zero-order chi connectivity index (χ0) is 59.5. The van der Waals surface area contributed by atoms with Crippen LogP contribution in [0.2, 0.25) is 0 Å². The minimum Gasteiger partial charge on any atom is -0.508 e. The van der Waals surface area contributed by atoms with Gasteiger partial charge in [-0.15, -0.1) is 23.1 Å². The highest BCUT2D eigenvalue weighted by Crippen LogP contribution is 2.57. The maximum Gasteiger partial charge on any atom is 0.415 e. The maximum atomic E-state index is 13.8. The molecule has 5 aromatic rings. The van der Waals surface area contributed by atoms with Crippen LogP contribution in [0.4, 0.5) is 4.79 Å². The molecule has 22 nitrogen and oxygen atoms in total. The minimum atomic E-state index is -1.48. The highest BCUT2D eigenvalue weighted by molar-refractivity contribution is 8.15. The van der Waals surface area contributed by atoms with Crippen LogP contribution in [0.3, 0.4) is 0 Å². The number of thiazole rings is 1. The van der Waals surface area contributed by atoms with Gasteiger partial charge in [-0.2, -0.15) is 0 Å². The quantitative estimate of drug-likeness (QED) is 0.0274. The highest BCUT2D eigenvalue weighted by atomic mass is 32.2. The largest absolute Gasteiger partial charge is 0.508 e. The first-order valence-electron chi connectivity index (χ1n) is 26.5. The number of carboxylic acids is 1. The van der Waals surface area contributed by atoms with E-state index in [2.05, 4.69) is 20.6 Å². The van der Waals surface area contributed by atoms with Gasteiger partial charge in [0.2, 0.25) is 11.8 Å². The number of thioether (sulfide) groups is 1. The number of aliphatic carboxylic acids is 1. The summed E-state index contributed by atoms with van der Waals surface area (Å²) in [6, 6.07) is 17.5. The topological polar surface area (TPSA) is 299 Å². The number of fused-ring (bicyclic) bond motifs is 7. The number of hydrogen-bond donors (Lipinski definition) is 5. The maximum absolute atomic E-state index is 13.8. The molecule has 434 valence electrons. The number of allylic oxidation sites excluding steroid dienone is 4. The molecule has 4 amide bonds. The Labute approximate surface area is 484 Å². The number of esters is 1. The molecule has 1 unspecified atom stereocenters. The third-order valence-electron chi connectivity index (χ3n) is 14.6. The molecule has 0 fully saturated rings. The number of aromatic nitrogens is 1. The van der Waals surface area contributed by atoms with Gasteiger partial charge in [-0.25, -0.2) is 19.4 Å². The van der Waals surface area contributed by atoms with Gasteiger partial charge < -0.3 is 59.4 Å². The molecular weight excluding hydrogens is 1110 g/mol. The van der Waals surface area contributed by atoms with Gasteiger partial charge in [0.1, 0.15) is 38.8 Å². The molecule has 1 spiro atoms. The van der Waals surface area contributed by atoms with Crippen molar-refractivity contribution in [2.24, 2.45) is 10.4 Å². The van der Waals surface area contributed by atoms with Gasteiger partial charge in [-0.3, -0.25) is 29.0 Å². The van der Waals surface area contributed by atoms with Crippen molar-refractivity contribution in [3.8, 4) is 28.7 Å². The number of phenolic OH excluding ortho intramolecular Hbond substituents is 2. The SMILES string of the molecule is CC1=C(C)C(=O)C(C(C)(C)CC(=O)N(C)CCN(CCOCCOCCC(=O)NCCNC(=O)c2ccc3c(c2)C(=O)OC32c3ccc(O)cc3Oc3cc(O)ccc32)C(=O)Oc2ccc3nc(C4=NC(C(=O)O)CS4)sc3c2)=C(C)C1=O. The number of phenols is 2. The number of ketones is 2. The lowest BCUT2D eigenvalue weighted by molar-refractivity contribution is -0.138. The summed E-state index contributed by atoms with van der Waals surface area (Å²) in [7, 11) is 1.59. The number of carbonyl (C=O) groups excluding carboxylic acids is 7. The van der Waals surface area contributed by atoms with Crippen molar-refractivity contribution < 1.29 is 77.4 Å². The number of ether oxygens (including phenoxy) is 5. The molecule has 1 atom stereocenters. The molecule has 1 aliphatic carbocycles. The molecule has 3 aliphatic heterocycles. The Kier molecular flexibility index (Phi) is 17.5. The molecule has 9 rings (SSSR count). The van der Waals surface area contributed by atoms with E-state index >= 15 is 0 Å². The van der Waals surface area contributed by atoms with E-state index in [1.165, 1.54) is 63.2 Å². The van der Waals surface area contributed by atoms with Gasteiger partial charge >= 0.3 is 18.0 Å². The van der Waals surface area contributed by atoms with Crippen molar-refractivity contribution in [2.75, 3.05) is 72.0 Å². The second kappa shape index (κ2) is 24.6. The molecule has 0 bridgehead atoms. The molecule has 1 aromatic heterocycles. The van der Waals surface area contributed by atoms with E-state index in [0.717, 1.165) is 0 Å². The van der Waals surface area contributed by atoms with Crippen LogP contribution in [0.15, 0.2) is 100 Å². The molecule has 0 radical (unpaired) electrons. The summed E-state index contributed by atoms with van der Waals surface area (Å²) < 4.78 is 30.0. The molecule has 24 heteroatoms. The van der Waals surface area contributed by atoms with Gasteiger partial charge in [-0.1, -0.05) is 19.9 Å². The zero-order valence-corrected chi connectivity index (χ0v) is 47.9. The minimum absolute atomic E-state index is 0.0116. The summed E-state index contributed by atoms with van der Waals surface area (Å²) >= 11 is 2.59. The van der Waals surface area contributed by atoms with Gasteiger partial charge in [0.15, 0.2) is 23.2 Å². The molecule has 5 N–H and O–H groups in total. The van der Waals surface area contributed by atoms with Crippen molar-refractivity contribution in [3.63, 3.8) is 0 Å². The number of hydrogen-bond acceptors (Lipinski definition) is 19. The van der Waals surface area contributed by atoms with Crippen LogP contribution in [0.1, 0.15) is 89.9 Å². The van der Waals surface area contributed by atoms with E-state index in [-0.39, 0.29) is 135 Å². The van der Waals surface area contributed by atoms with E-state index in [9.17, 15) is 53.7 Å². The van der Waals surface area contributed by atoms with Crippen molar-refractivity contribution >= 4 is 85.7 Å². The van der Waals surface area contributed by atoms with Crippen LogP contribution in [-0.2, 0) is 43.8 Å². The number of carbonyl (C=O) groups is 8. The Bertz CT molecular complexity index is 3550. The summed E-state index contributed by atoms with van der Waals surface area (Å²) in [5.41, 5.74) is 1.16. The number of benzene rings is 4. The van der Waals surface area contributed by atoms with Gasteiger partial charge in [0.25, 0.3) is 5.91 Å². The fraction of sp³-hybridized carbons (Fsp3) is 0.356. The van der Waals surface area contributed by atoms with Crippen LogP contribution in [-0.4, -0.2) is 160 Å². The summed E-state index contributed by atoms with van der Waals surface area (Å²) in [5.74, 6) is -2.53. The second-order valence-electron chi connectivity index (χ2n) is 20.8. The average Bonchev–Trinajstić information content (AvgIpc) is 1.84. The molecule has 0 saturated carbocycles. The Morgan fingerprint density at radius 1 is 0.783 bits per heavy atom. The van der Waals surface area contributed by atoms with Crippen LogP contribution >= 0.6 is 23.1 Å². The first-order valence-corrected chi connectivity index (χ1v) is 28.3. The molecule has 0 saturated heterocycles. The number of Topliss-reactive ketones (excluding diaryl/α,β-unsaturated/α-hetero) is 2. The normalized spacial score (nSPS) is 16.0. The smallest absolute Gasteiger partial charge is 0.415 e. The van der Waals surface area contributed by atoms with Crippen molar-refractivity contribution in [2.45, 2.75) is 59.1 Å². The molecule has 4 aliphatic rings. The first kappa shape index (κ1) is 59.2. The molecule has 83 heavy (non-hydrogen) atoms. The number of aromatic hydroxyl groups is 2. The zero-order valence-electron chi connectivity index (χ0n) is 46.2. The predicted molar refractivity (Wildman–Crippen MR) is 304 cm³/mol. The fourth-order valence-corrected chi connectivity index (χ4v) is 12.2. The number of nitrogens with one attached hydrogen (secondary N) is 2. The Morgan fingerprint density at radius 2 is 1.45 bits per heavy atom. The number of carboxylic acid groups (broad SMARTS) is 1. The fourth-order valence-electron chi connectivity index (χ4n) is 10.1. The van der Waals surface area contributed by atoms with Crippen LogP contribution in [0.5, 0.6) is 28.7 Å². The summed E-state index contributed by atoms with van der Waals surface area (Å²) in [6.45, 7) is 9.01. The summed E-state index contributed by atoms with van der Waals surface area (Å²) in [5, 5.41) is 36.3. The van der Waals surface area contributed by atoms with Crippen LogP contribution < -0.4 is 20.1 Å². The summed E-state index contributed by atoms with van der Waals surface area (Å²) in [6.07, 6.45) is -0.797. The van der Waals surface area contributed by atoms with E-state index in [0.29, 0.717) is 65.0 Å². The number of nitrogens with zero attached hydrogens (tertiary/aromatic N) is 4. The second-order valence-corrected chi connectivity index (χ2v) is 22.8. The highest BCUT2D eigenvalue weighted by Gasteiger charge is 2.54. The van der Waals surface area contributed by atoms with Crippen LogP contribution in [0, 0.1) is 5.41 Å². The van der Waals surface area contributed by atoms with E-state index in [1.54, 1.807) is 84.1 Å². The number of amides is 4. The average molecular weight is 1170 g/mol. The lowest BCUT2D eigenvalue weighted by Crippen LogP contribution is -2.43. The summed E-state index contributed by atoms with van der Waals surface area (Å²) in [4.78, 5) is 116. The van der Waals surface area contributed by atoms with E-state index in [1.807, 2.05) is 0 Å². The number of aliphatic imine (C=N–C) groups is 1. The van der Waals surface area contributed by atoms with Gasteiger partial charge in [0.05, 0.1) is 42.2 Å². The molecule has 4 heterocycles. The molecular formula is C59H60N6O16S2. The Hall–Kier alpha value is -8.45.